The molecular formula is C17H20N4O. The number of nitrogens with zero attached hydrogens (tertiary/aromatic N) is 2. The van der Waals surface area contributed by atoms with E-state index >= 15 is 0 Å². The maximum Gasteiger partial charge on any atom is 0.320 e. The third-order valence-electron chi connectivity index (χ3n) is 3.60. The largest absolute Gasteiger partial charge is 0.341 e. The van der Waals surface area contributed by atoms with Gasteiger partial charge in [0.05, 0.1) is 11.9 Å². The molecule has 1 fully saturated rings. The van der Waals surface area contributed by atoms with Gasteiger partial charge in [-0.2, -0.15) is 0 Å². The second kappa shape index (κ2) is 6.47. The number of aromatic nitrogens is 1. The van der Waals surface area contributed by atoms with Crippen LogP contribution in [-0.4, -0.2) is 23.6 Å². The topological polar surface area (TPSA) is 57.3 Å². The molecule has 3 rings (SSSR count). The minimum absolute atomic E-state index is 0.182. The summed E-state index contributed by atoms with van der Waals surface area (Å²) in [6, 6.07) is 14.1. The standard InChI is InChI=1S/C17H20N4O/c1-2-21(14-6-4-3-5-7-14)15-10-11-16(18-12-15)20-17(22)19-13-8-9-13/h3-7,10-13H,2,8-9H2,1H3,(H2,18,19,20,22). The average molecular weight is 296 g/mol. The van der Waals surface area contributed by atoms with Crippen molar-refractivity contribution in [3.05, 3.63) is 48.7 Å². The summed E-state index contributed by atoms with van der Waals surface area (Å²) in [5.41, 5.74) is 2.13. The summed E-state index contributed by atoms with van der Waals surface area (Å²) in [4.78, 5) is 18.2. The Kier molecular flexibility index (Phi) is 4.23. The number of carbonyl (C=O) groups excluding carboxylic acids is 1. The molecule has 0 unspecified atom stereocenters. The van der Waals surface area contributed by atoms with E-state index in [1.54, 1.807) is 6.20 Å². The van der Waals surface area contributed by atoms with Gasteiger partial charge in [0, 0.05) is 18.3 Å². The molecule has 1 aromatic carbocycles. The number of benzene rings is 1. The first-order chi connectivity index (χ1) is 10.8. The van der Waals surface area contributed by atoms with E-state index < -0.39 is 0 Å². The van der Waals surface area contributed by atoms with Crippen molar-refractivity contribution in [1.82, 2.24) is 10.3 Å². The van der Waals surface area contributed by atoms with Crippen LogP contribution in [0.3, 0.4) is 0 Å². The molecule has 22 heavy (non-hydrogen) atoms. The fourth-order valence-corrected chi connectivity index (χ4v) is 2.31. The summed E-state index contributed by atoms with van der Waals surface area (Å²) in [5, 5.41) is 5.63. The Hall–Kier alpha value is -2.56. The van der Waals surface area contributed by atoms with E-state index in [-0.39, 0.29) is 6.03 Å². The molecule has 1 saturated carbocycles. The van der Waals surface area contributed by atoms with Crippen molar-refractivity contribution in [3.8, 4) is 0 Å². The SMILES string of the molecule is CCN(c1ccccc1)c1ccc(NC(=O)NC2CC2)nc1. The number of para-hydroxylation sites is 1. The number of rotatable bonds is 5. The van der Waals surface area contributed by atoms with Gasteiger partial charge in [0.25, 0.3) is 0 Å². The van der Waals surface area contributed by atoms with Crippen LogP contribution in [0.4, 0.5) is 22.0 Å². The molecule has 0 spiro atoms. The number of amides is 2. The zero-order chi connectivity index (χ0) is 15.4. The lowest BCUT2D eigenvalue weighted by Crippen LogP contribution is -2.30. The molecule has 2 aromatic rings. The monoisotopic (exact) mass is 296 g/mol. The smallest absolute Gasteiger partial charge is 0.320 e. The number of urea groups is 1. The highest BCUT2D eigenvalue weighted by atomic mass is 16.2. The number of carbonyl (C=O) groups is 1. The number of anilines is 3. The molecule has 1 aromatic heterocycles. The Balaban J connectivity index is 1.68. The molecule has 0 aliphatic heterocycles. The summed E-state index contributed by atoms with van der Waals surface area (Å²) in [6.07, 6.45) is 3.92. The number of pyridine rings is 1. The molecule has 1 heterocycles. The summed E-state index contributed by atoms with van der Waals surface area (Å²) in [6.45, 7) is 2.95. The first-order valence-corrected chi connectivity index (χ1v) is 7.62. The van der Waals surface area contributed by atoms with Gasteiger partial charge in [0.1, 0.15) is 5.82 Å². The quantitative estimate of drug-likeness (QED) is 0.887. The Bertz CT molecular complexity index is 623. The molecule has 5 heteroatoms. The fourth-order valence-electron chi connectivity index (χ4n) is 2.31. The Morgan fingerprint density at radius 1 is 1.18 bits per heavy atom. The van der Waals surface area contributed by atoms with E-state index in [2.05, 4.69) is 39.6 Å². The highest BCUT2D eigenvalue weighted by Gasteiger charge is 2.23. The highest BCUT2D eigenvalue weighted by molar-refractivity contribution is 5.88. The van der Waals surface area contributed by atoms with E-state index in [9.17, 15) is 4.79 Å². The maximum absolute atomic E-state index is 11.7. The molecule has 1 aliphatic rings. The van der Waals surface area contributed by atoms with Gasteiger partial charge in [-0.15, -0.1) is 0 Å². The van der Waals surface area contributed by atoms with Crippen molar-refractivity contribution in [2.45, 2.75) is 25.8 Å². The van der Waals surface area contributed by atoms with Gasteiger partial charge in [-0.05, 0) is 44.0 Å². The highest BCUT2D eigenvalue weighted by Crippen LogP contribution is 2.24. The van der Waals surface area contributed by atoms with Crippen LogP contribution in [0.1, 0.15) is 19.8 Å². The lowest BCUT2D eigenvalue weighted by molar-refractivity contribution is 0.251. The fraction of sp³-hybridized carbons (Fsp3) is 0.294. The summed E-state index contributed by atoms with van der Waals surface area (Å²) < 4.78 is 0. The Morgan fingerprint density at radius 2 is 1.95 bits per heavy atom. The minimum atomic E-state index is -0.182. The molecule has 0 saturated heterocycles. The third-order valence-corrected chi connectivity index (χ3v) is 3.60. The van der Waals surface area contributed by atoms with Crippen LogP contribution in [0.15, 0.2) is 48.7 Å². The molecule has 0 atom stereocenters. The van der Waals surface area contributed by atoms with Crippen LogP contribution in [-0.2, 0) is 0 Å². The number of nitrogens with one attached hydrogen (secondary N) is 2. The van der Waals surface area contributed by atoms with Gasteiger partial charge in [0.2, 0.25) is 0 Å². The summed E-state index contributed by atoms with van der Waals surface area (Å²) in [5.74, 6) is 0.561. The second-order valence-corrected chi connectivity index (χ2v) is 5.35. The van der Waals surface area contributed by atoms with Gasteiger partial charge in [-0.3, -0.25) is 5.32 Å². The predicted octanol–water partition coefficient (Wildman–Crippen LogP) is 3.52. The average Bonchev–Trinajstić information content (AvgIpc) is 3.34. The van der Waals surface area contributed by atoms with Crippen LogP contribution in [0, 0.1) is 0 Å². The van der Waals surface area contributed by atoms with Gasteiger partial charge in [-0.25, -0.2) is 9.78 Å². The van der Waals surface area contributed by atoms with Gasteiger partial charge in [0.15, 0.2) is 0 Å². The number of hydrogen-bond donors (Lipinski definition) is 2. The predicted molar refractivity (Wildman–Crippen MR) is 88.5 cm³/mol. The van der Waals surface area contributed by atoms with Gasteiger partial charge < -0.3 is 10.2 Å². The molecular weight excluding hydrogens is 276 g/mol. The van der Waals surface area contributed by atoms with Crippen molar-refractivity contribution in [1.29, 1.82) is 0 Å². The van der Waals surface area contributed by atoms with Crippen molar-refractivity contribution in [3.63, 3.8) is 0 Å². The number of hydrogen-bond acceptors (Lipinski definition) is 3. The zero-order valence-corrected chi connectivity index (χ0v) is 12.6. The van der Waals surface area contributed by atoms with Crippen LogP contribution in [0.5, 0.6) is 0 Å². The van der Waals surface area contributed by atoms with Crippen molar-refractivity contribution in [2.24, 2.45) is 0 Å². The van der Waals surface area contributed by atoms with Crippen LogP contribution in [0.25, 0.3) is 0 Å². The maximum atomic E-state index is 11.7. The molecule has 2 amide bonds. The van der Waals surface area contributed by atoms with Gasteiger partial charge >= 0.3 is 6.03 Å². The molecule has 0 radical (unpaired) electrons. The Morgan fingerprint density at radius 3 is 2.55 bits per heavy atom. The van der Waals surface area contributed by atoms with Crippen LogP contribution >= 0.6 is 0 Å². The van der Waals surface area contributed by atoms with Crippen molar-refractivity contribution >= 4 is 23.2 Å². The molecule has 5 nitrogen and oxygen atoms in total. The Labute approximate surface area is 130 Å². The lowest BCUT2D eigenvalue weighted by atomic mass is 10.2. The first-order valence-electron chi connectivity index (χ1n) is 7.62. The van der Waals surface area contributed by atoms with Crippen molar-refractivity contribution in [2.75, 3.05) is 16.8 Å². The summed E-state index contributed by atoms with van der Waals surface area (Å²) in [7, 11) is 0. The van der Waals surface area contributed by atoms with E-state index in [1.165, 1.54) is 0 Å². The van der Waals surface area contributed by atoms with Crippen LogP contribution < -0.4 is 15.5 Å². The normalized spacial score (nSPS) is 13.5. The second-order valence-electron chi connectivity index (χ2n) is 5.35. The minimum Gasteiger partial charge on any atom is -0.341 e. The van der Waals surface area contributed by atoms with E-state index in [0.29, 0.717) is 11.9 Å². The molecule has 114 valence electrons. The van der Waals surface area contributed by atoms with Crippen LogP contribution in [0.2, 0.25) is 0 Å². The molecule has 2 N–H and O–H groups in total. The third kappa shape index (κ3) is 3.55. The van der Waals surface area contributed by atoms with E-state index in [0.717, 1.165) is 30.8 Å². The molecule has 0 bridgehead atoms. The zero-order valence-electron chi connectivity index (χ0n) is 12.6. The van der Waals surface area contributed by atoms with E-state index in [4.69, 9.17) is 0 Å². The lowest BCUT2D eigenvalue weighted by Gasteiger charge is -2.23. The van der Waals surface area contributed by atoms with Crippen molar-refractivity contribution < 1.29 is 4.79 Å². The molecule has 1 aliphatic carbocycles. The summed E-state index contributed by atoms with van der Waals surface area (Å²) >= 11 is 0. The van der Waals surface area contributed by atoms with E-state index in [1.807, 2.05) is 30.3 Å². The first kappa shape index (κ1) is 14.4. The van der Waals surface area contributed by atoms with Gasteiger partial charge in [-0.1, -0.05) is 18.2 Å².